The minimum atomic E-state index is -3.81. The second-order valence-corrected chi connectivity index (χ2v) is 4.47. The van der Waals surface area contributed by atoms with Gasteiger partial charge in [0.25, 0.3) is 5.56 Å². The van der Waals surface area contributed by atoms with Crippen molar-refractivity contribution in [2.75, 3.05) is 0 Å². The third-order valence-corrected chi connectivity index (χ3v) is 2.87. The molecule has 0 saturated carbocycles. The zero-order chi connectivity index (χ0) is 11.1. The van der Waals surface area contributed by atoms with Gasteiger partial charge in [-0.3, -0.25) is 4.79 Å². The number of aromatic amines is 1. The quantitative estimate of drug-likeness (QED) is 0.562. The standard InChI is InChI=1S/C8H8N2O4S/c9-15(12,13)7-5-3-1-2-4-6(5)14-10-8(7)11/h1-4H,(H,10,11)(H3,9,12,13). The number of hydrogen-bond donors (Lipinski definition) is 3. The number of benzene rings is 1. The molecule has 1 aromatic heterocycles. The average molecular weight is 228 g/mol. The molecule has 0 bridgehead atoms. The van der Waals surface area contributed by atoms with Crippen LogP contribution >= 0.6 is 0 Å². The van der Waals surface area contributed by atoms with Gasteiger partial charge in [0.2, 0.25) is 0 Å². The van der Waals surface area contributed by atoms with Gasteiger partial charge in [-0.15, -0.1) is 0 Å². The van der Waals surface area contributed by atoms with Gasteiger partial charge in [-0.1, -0.05) is 12.1 Å². The van der Waals surface area contributed by atoms with E-state index in [9.17, 15) is 13.6 Å². The van der Waals surface area contributed by atoms with E-state index in [4.69, 9.17) is 9.66 Å². The van der Waals surface area contributed by atoms with Crippen molar-refractivity contribution in [3.63, 3.8) is 0 Å². The fourth-order valence-electron chi connectivity index (χ4n) is 1.30. The predicted octanol–water partition coefficient (Wildman–Crippen LogP) is 0.284. The van der Waals surface area contributed by atoms with Gasteiger partial charge in [0.05, 0.1) is 0 Å². The maximum Gasteiger partial charge on any atom is 0.296 e. The van der Waals surface area contributed by atoms with E-state index in [0.717, 1.165) is 0 Å². The van der Waals surface area contributed by atoms with E-state index in [0.29, 0.717) is 5.58 Å². The Bertz CT molecular complexity index is 713. The first-order valence-corrected chi connectivity index (χ1v) is 5.56. The Kier molecular flexibility index (Phi) is 2.14. The van der Waals surface area contributed by atoms with Crippen molar-refractivity contribution >= 4 is 21.0 Å². The molecule has 0 amide bonds. The molecule has 0 radical (unpaired) electrons. The average Bonchev–Trinajstić information content (AvgIpc) is 2.15. The third-order valence-electron chi connectivity index (χ3n) is 1.88. The van der Waals surface area contributed by atoms with Gasteiger partial charge in [-0.2, -0.15) is 5.16 Å². The van der Waals surface area contributed by atoms with Crippen molar-refractivity contribution in [3.8, 4) is 0 Å². The van der Waals surface area contributed by atoms with Crippen LogP contribution in [0.3, 0.4) is 0 Å². The largest absolute Gasteiger partial charge is 0.379 e. The molecule has 7 heteroatoms. The molecule has 6 nitrogen and oxygen atoms in total. The summed E-state index contributed by atoms with van der Waals surface area (Å²) in [5.74, 6) is 0. The van der Waals surface area contributed by atoms with Gasteiger partial charge in [0, 0.05) is 5.39 Å². The van der Waals surface area contributed by atoms with Crippen LogP contribution in [-0.2, 0) is 9.99 Å². The first-order valence-electron chi connectivity index (χ1n) is 3.98. The zero-order valence-corrected chi connectivity index (χ0v) is 8.28. The number of H-pyrrole nitrogens is 1. The molecule has 1 aromatic carbocycles. The number of hydrogen-bond acceptors (Lipinski definition) is 3. The molecule has 1 unspecified atom stereocenters. The number of nitrogens with two attached hydrogens (primary N) is 1. The lowest BCUT2D eigenvalue weighted by atomic mass is 10.2. The Balaban J connectivity index is 3.31. The van der Waals surface area contributed by atoms with E-state index in [1.807, 2.05) is 5.16 Å². The third kappa shape index (κ3) is 1.67. The fraction of sp³-hybridized carbons (Fsp3) is 0. The monoisotopic (exact) mass is 228 g/mol. The van der Waals surface area contributed by atoms with Gasteiger partial charge in [0.15, 0.2) is 15.6 Å². The molecule has 0 saturated heterocycles. The number of nitrogens with one attached hydrogen (secondary N) is 1. The van der Waals surface area contributed by atoms with Crippen LogP contribution in [0, 0.1) is 4.51 Å². The summed E-state index contributed by atoms with van der Waals surface area (Å²) in [5, 5.41) is 7.28. The molecule has 0 aliphatic rings. The van der Waals surface area contributed by atoms with E-state index >= 15 is 0 Å². The molecule has 0 aliphatic carbocycles. The molecule has 4 N–H and O–H groups in total. The minimum absolute atomic E-state index is 0.233. The molecule has 2 aromatic rings. The summed E-state index contributed by atoms with van der Waals surface area (Å²) in [6, 6.07) is 6.34. The van der Waals surface area contributed by atoms with E-state index < -0.39 is 15.5 Å². The normalized spacial score (nSPS) is 15.1. The summed E-state index contributed by atoms with van der Waals surface area (Å²) < 4.78 is 25.0. The number of aromatic nitrogens is 1. The lowest BCUT2D eigenvalue weighted by molar-refractivity contribution is 0.430. The highest BCUT2D eigenvalue weighted by Crippen LogP contribution is 2.11. The van der Waals surface area contributed by atoms with Gasteiger partial charge < -0.3 is 9.08 Å². The Morgan fingerprint density at radius 2 is 2.07 bits per heavy atom. The maximum absolute atomic E-state index is 11.3. The Labute approximate surface area is 84.3 Å². The van der Waals surface area contributed by atoms with Crippen LogP contribution in [0.1, 0.15) is 0 Å². The molecule has 0 fully saturated rings. The summed E-state index contributed by atoms with van der Waals surface area (Å²) in [4.78, 5) is 11.3. The molecule has 2 rings (SSSR count). The highest BCUT2D eigenvalue weighted by atomic mass is 32.2. The molecule has 0 aliphatic heterocycles. The van der Waals surface area contributed by atoms with Crippen LogP contribution in [-0.4, -0.2) is 13.9 Å². The van der Waals surface area contributed by atoms with Crippen LogP contribution in [0.15, 0.2) is 33.6 Å². The Hall–Kier alpha value is -1.57. The molecule has 0 spiro atoms. The van der Waals surface area contributed by atoms with Gasteiger partial charge in [-0.05, 0) is 12.1 Å². The van der Waals surface area contributed by atoms with Crippen molar-refractivity contribution in [2.45, 2.75) is 0 Å². The minimum Gasteiger partial charge on any atom is -0.379 e. The lowest BCUT2D eigenvalue weighted by Gasteiger charge is -1.98. The summed E-state index contributed by atoms with van der Waals surface area (Å²) in [6.45, 7) is 0. The van der Waals surface area contributed by atoms with Gasteiger partial charge in [-0.25, -0.2) is 9.35 Å². The fourth-order valence-corrected chi connectivity index (χ4v) is 2.09. The summed E-state index contributed by atoms with van der Waals surface area (Å²) in [7, 11) is -3.81. The summed E-state index contributed by atoms with van der Waals surface area (Å²) >= 11 is 0. The molecular formula is C8H8N2O4S. The molecule has 80 valence electrons. The van der Waals surface area contributed by atoms with Crippen LogP contribution in [0.25, 0.3) is 11.0 Å². The molecule has 15 heavy (non-hydrogen) atoms. The van der Waals surface area contributed by atoms with Crippen molar-refractivity contribution < 1.29 is 13.3 Å². The summed E-state index contributed by atoms with van der Waals surface area (Å²) in [6.07, 6.45) is 0. The van der Waals surface area contributed by atoms with E-state index in [1.165, 1.54) is 6.07 Å². The molecule has 1 heterocycles. The second-order valence-electron chi connectivity index (χ2n) is 2.93. The van der Waals surface area contributed by atoms with E-state index in [1.54, 1.807) is 18.2 Å². The SMILES string of the molecule is NS(=O)(O)=c1c(=O)[nH]oc2ccccc12. The number of fused-ring (bicyclic) bond motifs is 1. The number of rotatable bonds is 0. The zero-order valence-electron chi connectivity index (χ0n) is 7.47. The topological polar surface area (TPSA) is 109 Å². The van der Waals surface area contributed by atoms with Crippen LogP contribution in [0.5, 0.6) is 0 Å². The van der Waals surface area contributed by atoms with Crippen LogP contribution in [0.4, 0.5) is 0 Å². The van der Waals surface area contributed by atoms with Crippen LogP contribution in [0.2, 0.25) is 0 Å². The smallest absolute Gasteiger partial charge is 0.296 e. The van der Waals surface area contributed by atoms with Crippen molar-refractivity contribution in [2.24, 2.45) is 5.14 Å². The first kappa shape index (κ1) is 9.97. The second kappa shape index (κ2) is 3.23. The van der Waals surface area contributed by atoms with Crippen molar-refractivity contribution in [3.05, 3.63) is 39.1 Å². The van der Waals surface area contributed by atoms with Crippen LogP contribution < -0.4 is 10.7 Å². The maximum atomic E-state index is 11.3. The van der Waals surface area contributed by atoms with Crippen molar-refractivity contribution in [1.29, 1.82) is 0 Å². The molecule has 1 atom stereocenters. The number of para-hydroxylation sites is 1. The highest BCUT2D eigenvalue weighted by Gasteiger charge is 2.07. The van der Waals surface area contributed by atoms with E-state index in [2.05, 4.69) is 0 Å². The highest BCUT2D eigenvalue weighted by molar-refractivity contribution is 7.87. The van der Waals surface area contributed by atoms with E-state index in [-0.39, 0.29) is 9.90 Å². The van der Waals surface area contributed by atoms with Crippen molar-refractivity contribution in [1.82, 2.24) is 5.16 Å². The molecular weight excluding hydrogens is 220 g/mol. The Morgan fingerprint density at radius 1 is 1.40 bits per heavy atom. The van der Waals surface area contributed by atoms with Gasteiger partial charge >= 0.3 is 0 Å². The Morgan fingerprint density at radius 3 is 2.73 bits per heavy atom. The van der Waals surface area contributed by atoms with Gasteiger partial charge in [0.1, 0.15) is 4.51 Å². The summed E-state index contributed by atoms with van der Waals surface area (Å²) in [5.41, 5.74) is -0.511. The first-order chi connectivity index (χ1) is 7.00. The predicted molar refractivity (Wildman–Crippen MR) is 55.0 cm³/mol. The lowest BCUT2D eigenvalue weighted by Crippen LogP contribution is -2.19.